The van der Waals surface area contributed by atoms with Gasteiger partial charge in [0.2, 0.25) is 0 Å². The van der Waals surface area contributed by atoms with E-state index in [1.807, 2.05) is 7.05 Å². The van der Waals surface area contributed by atoms with Crippen LogP contribution in [0.4, 0.5) is 5.82 Å². The lowest BCUT2D eigenvalue weighted by Crippen LogP contribution is -2.38. The van der Waals surface area contributed by atoms with Crippen LogP contribution in [0.15, 0.2) is 12.4 Å². The topological polar surface area (TPSA) is 72.1 Å². The first-order chi connectivity index (χ1) is 8.18. The highest BCUT2D eigenvalue weighted by Crippen LogP contribution is 2.22. The van der Waals surface area contributed by atoms with Crippen LogP contribution in [0.1, 0.15) is 42.6 Å². The van der Waals surface area contributed by atoms with Crippen LogP contribution in [-0.4, -0.2) is 33.9 Å². The molecule has 0 saturated heterocycles. The van der Waals surface area contributed by atoms with Crippen molar-refractivity contribution in [2.45, 2.75) is 38.1 Å². The first-order valence-electron chi connectivity index (χ1n) is 6.03. The van der Waals surface area contributed by atoms with Crippen molar-refractivity contribution in [1.82, 2.24) is 14.9 Å². The number of anilines is 1. The number of hydrogen-bond donors (Lipinski definition) is 1. The van der Waals surface area contributed by atoms with Crippen molar-refractivity contribution in [3.8, 4) is 0 Å². The molecular weight excluding hydrogens is 216 g/mol. The Hall–Kier alpha value is -1.65. The summed E-state index contributed by atoms with van der Waals surface area (Å²) in [7, 11) is 1.84. The van der Waals surface area contributed by atoms with Crippen molar-refractivity contribution >= 4 is 11.7 Å². The third kappa shape index (κ3) is 2.72. The lowest BCUT2D eigenvalue weighted by molar-refractivity contribution is 0.0690. The minimum absolute atomic E-state index is 0.0864. The average Bonchev–Trinajstić information content (AvgIpc) is 2.38. The van der Waals surface area contributed by atoms with Gasteiger partial charge in [0.1, 0.15) is 11.5 Å². The first-order valence-corrected chi connectivity index (χ1v) is 6.03. The quantitative estimate of drug-likeness (QED) is 0.841. The van der Waals surface area contributed by atoms with Gasteiger partial charge < -0.3 is 10.6 Å². The second kappa shape index (κ2) is 5.12. The average molecular weight is 234 g/mol. The zero-order valence-electron chi connectivity index (χ0n) is 10.1. The van der Waals surface area contributed by atoms with E-state index in [2.05, 4.69) is 9.97 Å². The largest absolute Gasteiger partial charge is 0.382 e. The van der Waals surface area contributed by atoms with Crippen LogP contribution in [-0.2, 0) is 0 Å². The first kappa shape index (κ1) is 11.8. The van der Waals surface area contributed by atoms with Gasteiger partial charge in [-0.25, -0.2) is 4.98 Å². The Bertz CT molecular complexity index is 401. The molecule has 1 aliphatic carbocycles. The summed E-state index contributed by atoms with van der Waals surface area (Å²) in [4.78, 5) is 21.9. The molecule has 0 bridgehead atoms. The van der Waals surface area contributed by atoms with Crippen molar-refractivity contribution < 1.29 is 4.79 Å². The Morgan fingerprint density at radius 2 is 2.06 bits per heavy atom. The van der Waals surface area contributed by atoms with Crippen molar-refractivity contribution in [3.05, 3.63) is 18.1 Å². The highest BCUT2D eigenvalue weighted by Gasteiger charge is 2.23. The molecule has 0 radical (unpaired) electrons. The Morgan fingerprint density at radius 1 is 1.35 bits per heavy atom. The Balaban J connectivity index is 2.08. The van der Waals surface area contributed by atoms with Crippen molar-refractivity contribution in [3.63, 3.8) is 0 Å². The van der Waals surface area contributed by atoms with Crippen LogP contribution < -0.4 is 5.73 Å². The molecule has 2 rings (SSSR count). The van der Waals surface area contributed by atoms with Gasteiger partial charge in [0.15, 0.2) is 0 Å². The normalized spacial score (nSPS) is 16.8. The zero-order valence-corrected chi connectivity index (χ0v) is 10.1. The van der Waals surface area contributed by atoms with E-state index in [1.165, 1.54) is 31.7 Å². The molecule has 0 atom stereocenters. The van der Waals surface area contributed by atoms with E-state index in [0.717, 1.165) is 12.8 Å². The molecule has 0 unspecified atom stereocenters. The van der Waals surface area contributed by atoms with Crippen LogP contribution in [0.5, 0.6) is 0 Å². The smallest absolute Gasteiger partial charge is 0.274 e. The minimum Gasteiger partial charge on any atom is -0.382 e. The molecule has 1 fully saturated rings. The van der Waals surface area contributed by atoms with Crippen molar-refractivity contribution in [1.29, 1.82) is 0 Å². The van der Waals surface area contributed by atoms with Gasteiger partial charge in [-0.2, -0.15) is 0 Å². The Kier molecular flexibility index (Phi) is 3.56. The van der Waals surface area contributed by atoms with E-state index in [4.69, 9.17) is 5.73 Å². The van der Waals surface area contributed by atoms with Crippen LogP contribution in [0.2, 0.25) is 0 Å². The van der Waals surface area contributed by atoms with E-state index in [-0.39, 0.29) is 11.7 Å². The maximum atomic E-state index is 12.2. The number of rotatable bonds is 2. The van der Waals surface area contributed by atoms with Gasteiger partial charge in [0.05, 0.1) is 12.4 Å². The molecule has 1 aliphatic rings. The number of nitrogens with two attached hydrogens (primary N) is 1. The SMILES string of the molecule is CN(C(=O)c1cncc(N)n1)C1CCCCC1. The lowest BCUT2D eigenvalue weighted by atomic mass is 9.94. The van der Waals surface area contributed by atoms with E-state index in [9.17, 15) is 4.79 Å². The molecular formula is C12H18N4O. The Labute approximate surface area is 101 Å². The summed E-state index contributed by atoms with van der Waals surface area (Å²) >= 11 is 0. The van der Waals surface area contributed by atoms with Gasteiger partial charge in [0, 0.05) is 13.1 Å². The molecule has 0 aliphatic heterocycles. The fraction of sp³-hybridized carbons (Fsp3) is 0.583. The molecule has 1 amide bonds. The van der Waals surface area contributed by atoms with Crippen LogP contribution in [0, 0.1) is 0 Å². The molecule has 2 N–H and O–H groups in total. The summed E-state index contributed by atoms with van der Waals surface area (Å²) in [5.41, 5.74) is 5.86. The molecule has 0 aromatic carbocycles. The highest BCUT2D eigenvalue weighted by molar-refractivity contribution is 5.92. The molecule has 0 spiro atoms. The fourth-order valence-corrected chi connectivity index (χ4v) is 2.30. The van der Waals surface area contributed by atoms with Crippen molar-refractivity contribution in [2.24, 2.45) is 0 Å². The number of amides is 1. The summed E-state index contributed by atoms with van der Waals surface area (Å²) in [6.07, 6.45) is 8.75. The van der Waals surface area contributed by atoms with Crippen LogP contribution in [0.3, 0.4) is 0 Å². The van der Waals surface area contributed by atoms with Gasteiger partial charge >= 0.3 is 0 Å². The molecule has 1 heterocycles. The zero-order chi connectivity index (χ0) is 12.3. The van der Waals surface area contributed by atoms with Gasteiger partial charge in [-0.1, -0.05) is 19.3 Å². The second-order valence-electron chi connectivity index (χ2n) is 4.54. The van der Waals surface area contributed by atoms with Crippen LogP contribution >= 0.6 is 0 Å². The summed E-state index contributed by atoms with van der Waals surface area (Å²) < 4.78 is 0. The molecule has 92 valence electrons. The number of aromatic nitrogens is 2. The third-order valence-electron chi connectivity index (χ3n) is 3.32. The van der Waals surface area contributed by atoms with Gasteiger partial charge in [-0.15, -0.1) is 0 Å². The number of carbonyl (C=O) groups excluding carboxylic acids is 1. The molecule has 1 aromatic rings. The van der Waals surface area contributed by atoms with Crippen LogP contribution in [0.25, 0.3) is 0 Å². The summed E-state index contributed by atoms with van der Waals surface area (Å²) in [6.45, 7) is 0. The highest BCUT2D eigenvalue weighted by atomic mass is 16.2. The number of nitrogens with zero attached hydrogens (tertiary/aromatic N) is 3. The van der Waals surface area contributed by atoms with E-state index >= 15 is 0 Å². The fourth-order valence-electron chi connectivity index (χ4n) is 2.30. The molecule has 17 heavy (non-hydrogen) atoms. The predicted octanol–water partition coefficient (Wildman–Crippen LogP) is 1.46. The van der Waals surface area contributed by atoms with Crippen molar-refractivity contribution in [2.75, 3.05) is 12.8 Å². The standard InChI is InChI=1S/C12H18N4O/c1-16(9-5-3-2-4-6-9)12(17)10-7-14-8-11(13)15-10/h7-9H,2-6H2,1H3,(H2,13,15). The van der Waals surface area contributed by atoms with E-state index in [1.54, 1.807) is 4.90 Å². The Morgan fingerprint density at radius 3 is 2.71 bits per heavy atom. The maximum absolute atomic E-state index is 12.2. The third-order valence-corrected chi connectivity index (χ3v) is 3.32. The minimum atomic E-state index is -0.0864. The molecule has 1 aromatic heterocycles. The summed E-state index contributed by atoms with van der Waals surface area (Å²) in [5, 5.41) is 0. The molecule has 5 heteroatoms. The number of carbonyl (C=O) groups is 1. The number of hydrogen-bond acceptors (Lipinski definition) is 4. The predicted molar refractivity (Wildman–Crippen MR) is 65.4 cm³/mol. The monoisotopic (exact) mass is 234 g/mol. The lowest BCUT2D eigenvalue weighted by Gasteiger charge is -2.30. The van der Waals surface area contributed by atoms with Gasteiger partial charge in [0.25, 0.3) is 5.91 Å². The number of nitrogen functional groups attached to an aromatic ring is 1. The van der Waals surface area contributed by atoms with E-state index < -0.39 is 0 Å². The summed E-state index contributed by atoms with van der Waals surface area (Å²) in [5.74, 6) is 0.199. The summed E-state index contributed by atoms with van der Waals surface area (Å²) in [6, 6.07) is 0.333. The maximum Gasteiger partial charge on any atom is 0.274 e. The van der Waals surface area contributed by atoms with Gasteiger partial charge in [-0.05, 0) is 12.8 Å². The van der Waals surface area contributed by atoms with Gasteiger partial charge in [-0.3, -0.25) is 9.78 Å². The molecule has 5 nitrogen and oxygen atoms in total. The molecule has 1 saturated carbocycles. The van der Waals surface area contributed by atoms with E-state index in [0.29, 0.717) is 11.7 Å². The second-order valence-corrected chi connectivity index (χ2v) is 4.54.